The molecule has 25 heavy (non-hydrogen) atoms. The van der Waals surface area contributed by atoms with Crippen LogP contribution in [0.1, 0.15) is 18.9 Å². The zero-order valence-corrected chi connectivity index (χ0v) is 14.2. The summed E-state index contributed by atoms with van der Waals surface area (Å²) >= 11 is 0. The van der Waals surface area contributed by atoms with Gasteiger partial charge in [-0.05, 0) is 48.7 Å². The maximum absolute atomic E-state index is 10.6. The van der Waals surface area contributed by atoms with Gasteiger partial charge >= 0.3 is 6.09 Å². The maximum Gasteiger partial charge on any atom is 0.404 e. The number of nitrogens with zero attached hydrogens (tertiary/aromatic N) is 3. The van der Waals surface area contributed by atoms with E-state index in [2.05, 4.69) is 57.4 Å². The van der Waals surface area contributed by atoms with E-state index in [-0.39, 0.29) is 0 Å². The van der Waals surface area contributed by atoms with Gasteiger partial charge in [0.05, 0.1) is 11.2 Å². The maximum atomic E-state index is 10.6. The Balaban J connectivity index is 1.87. The van der Waals surface area contributed by atoms with E-state index < -0.39 is 6.09 Å². The minimum absolute atomic E-state index is 0.417. The van der Waals surface area contributed by atoms with E-state index in [0.29, 0.717) is 13.0 Å². The summed E-state index contributed by atoms with van der Waals surface area (Å²) in [6.45, 7) is 3.48. The topological polar surface area (TPSA) is 70.4 Å². The van der Waals surface area contributed by atoms with Gasteiger partial charge < -0.3 is 10.4 Å². The van der Waals surface area contributed by atoms with Crippen LogP contribution < -0.4 is 10.3 Å². The number of aromatic nitrogens is 2. The number of carbonyl (C=O) groups is 1. The van der Waals surface area contributed by atoms with E-state index in [9.17, 15) is 4.79 Å². The number of hydrogen-bond donors (Lipinski definition) is 2. The Morgan fingerprint density at radius 3 is 2.76 bits per heavy atom. The molecular weight excluding hydrogens is 316 g/mol. The van der Waals surface area contributed by atoms with Crippen LogP contribution in [0.4, 0.5) is 10.5 Å². The lowest BCUT2D eigenvalue weighted by Crippen LogP contribution is -2.29. The SMILES string of the molecule is CCCN(c1ccncc1)n1ccc2cc(CCNC(=O)O)ccc21. The molecule has 0 aliphatic heterocycles. The Labute approximate surface area is 146 Å². The monoisotopic (exact) mass is 338 g/mol. The first-order chi connectivity index (χ1) is 12.2. The molecule has 0 aliphatic rings. The molecule has 3 aromatic rings. The number of rotatable bonds is 7. The summed E-state index contributed by atoms with van der Waals surface area (Å²) in [6.07, 6.45) is 6.39. The average molecular weight is 338 g/mol. The van der Waals surface area contributed by atoms with Crippen molar-refractivity contribution in [3.05, 3.63) is 60.6 Å². The molecule has 0 spiro atoms. The third-order valence-corrected chi connectivity index (χ3v) is 4.08. The van der Waals surface area contributed by atoms with Crippen LogP contribution in [0.3, 0.4) is 0 Å². The minimum atomic E-state index is -0.986. The van der Waals surface area contributed by atoms with E-state index >= 15 is 0 Å². The lowest BCUT2D eigenvalue weighted by atomic mass is 10.1. The molecule has 0 saturated heterocycles. The fraction of sp³-hybridized carbons (Fsp3) is 0.263. The van der Waals surface area contributed by atoms with Crippen LogP contribution in [0.5, 0.6) is 0 Å². The Morgan fingerprint density at radius 1 is 1.24 bits per heavy atom. The van der Waals surface area contributed by atoms with Crippen molar-refractivity contribution < 1.29 is 9.90 Å². The molecule has 0 aliphatic carbocycles. The lowest BCUT2D eigenvalue weighted by Gasteiger charge is -2.26. The minimum Gasteiger partial charge on any atom is -0.465 e. The van der Waals surface area contributed by atoms with Crippen LogP contribution in [-0.4, -0.2) is 33.9 Å². The molecule has 2 aromatic heterocycles. The van der Waals surface area contributed by atoms with Crippen LogP contribution in [0.15, 0.2) is 55.0 Å². The largest absolute Gasteiger partial charge is 0.465 e. The van der Waals surface area contributed by atoms with Crippen LogP contribution in [0, 0.1) is 0 Å². The predicted octanol–water partition coefficient (Wildman–Crippen LogP) is 3.53. The van der Waals surface area contributed by atoms with Gasteiger partial charge in [0.15, 0.2) is 0 Å². The molecular formula is C19H22N4O2. The molecule has 1 aromatic carbocycles. The molecule has 3 rings (SSSR count). The lowest BCUT2D eigenvalue weighted by molar-refractivity contribution is 0.194. The number of pyridine rings is 1. The van der Waals surface area contributed by atoms with Gasteiger partial charge in [-0.15, -0.1) is 0 Å². The highest BCUT2D eigenvalue weighted by Gasteiger charge is 2.11. The summed E-state index contributed by atoms with van der Waals surface area (Å²) in [4.78, 5) is 14.7. The molecule has 0 fully saturated rings. The number of hydrogen-bond acceptors (Lipinski definition) is 3. The summed E-state index contributed by atoms with van der Waals surface area (Å²) in [5.74, 6) is 0. The zero-order chi connectivity index (χ0) is 17.6. The van der Waals surface area contributed by atoms with E-state index in [1.807, 2.05) is 12.1 Å². The Bertz CT molecular complexity index is 845. The molecule has 0 bridgehead atoms. The number of benzene rings is 1. The molecule has 2 heterocycles. The molecule has 6 nitrogen and oxygen atoms in total. The highest BCUT2D eigenvalue weighted by Crippen LogP contribution is 2.22. The number of nitrogens with one attached hydrogen (secondary N) is 1. The van der Waals surface area contributed by atoms with E-state index in [1.54, 1.807) is 12.4 Å². The second-order valence-electron chi connectivity index (χ2n) is 5.86. The van der Waals surface area contributed by atoms with Gasteiger partial charge in [0, 0.05) is 37.1 Å². The molecule has 1 amide bonds. The van der Waals surface area contributed by atoms with Crippen LogP contribution in [0.25, 0.3) is 10.9 Å². The van der Waals surface area contributed by atoms with Crippen molar-refractivity contribution >= 4 is 22.7 Å². The van der Waals surface area contributed by atoms with E-state index in [4.69, 9.17) is 5.11 Å². The van der Waals surface area contributed by atoms with Crippen molar-refractivity contribution in [1.82, 2.24) is 15.0 Å². The van der Waals surface area contributed by atoms with Crippen LogP contribution in [-0.2, 0) is 6.42 Å². The van der Waals surface area contributed by atoms with Crippen molar-refractivity contribution in [3.63, 3.8) is 0 Å². The van der Waals surface area contributed by atoms with Crippen LogP contribution in [0.2, 0.25) is 0 Å². The molecule has 130 valence electrons. The highest BCUT2D eigenvalue weighted by molar-refractivity contribution is 5.81. The van der Waals surface area contributed by atoms with Gasteiger partial charge in [0.1, 0.15) is 0 Å². The molecule has 0 radical (unpaired) electrons. The average Bonchev–Trinajstić information content (AvgIpc) is 3.03. The zero-order valence-electron chi connectivity index (χ0n) is 14.2. The van der Waals surface area contributed by atoms with Gasteiger partial charge in [-0.3, -0.25) is 14.7 Å². The summed E-state index contributed by atoms with van der Waals surface area (Å²) in [6, 6.07) is 12.4. The Morgan fingerprint density at radius 2 is 2.04 bits per heavy atom. The van der Waals surface area contributed by atoms with Gasteiger partial charge in [0.2, 0.25) is 0 Å². The number of carboxylic acid groups (broad SMARTS) is 1. The summed E-state index contributed by atoms with van der Waals surface area (Å²) in [7, 11) is 0. The second-order valence-corrected chi connectivity index (χ2v) is 5.86. The Kier molecular flexibility index (Phi) is 5.18. The number of fused-ring (bicyclic) bond motifs is 1. The molecule has 0 saturated carbocycles. The van der Waals surface area contributed by atoms with Gasteiger partial charge in [-0.2, -0.15) is 0 Å². The second kappa shape index (κ2) is 7.70. The normalized spacial score (nSPS) is 10.8. The van der Waals surface area contributed by atoms with Crippen molar-refractivity contribution in [1.29, 1.82) is 0 Å². The molecule has 6 heteroatoms. The van der Waals surface area contributed by atoms with Crippen LogP contribution >= 0.6 is 0 Å². The van der Waals surface area contributed by atoms with Gasteiger partial charge in [-0.25, -0.2) is 4.79 Å². The number of anilines is 1. The first-order valence-electron chi connectivity index (χ1n) is 8.43. The van der Waals surface area contributed by atoms with Crippen molar-refractivity contribution in [2.24, 2.45) is 0 Å². The Hall–Kier alpha value is -3.02. The van der Waals surface area contributed by atoms with E-state index in [1.165, 1.54) is 0 Å². The fourth-order valence-corrected chi connectivity index (χ4v) is 2.95. The fourth-order valence-electron chi connectivity index (χ4n) is 2.95. The first-order valence-corrected chi connectivity index (χ1v) is 8.43. The standard InChI is InChI=1S/C19H22N4O2/c1-2-12-22(17-6-9-20-10-7-17)23-13-8-16-14-15(3-4-18(16)23)5-11-21-19(24)25/h3-4,6-10,13-14,21H,2,5,11-12H2,1H3,(H,24,25). The van der Waals surface area contributed by atoms with Gasteiger partial charge in [0.25, 0.3) is 0 Å². The van der Waals surface area contributed by atoms with Crippen molar-refractivity contribution in [2.45, 2.75) is 19.8 Å². The highest BCUT2D eigenvalue weighted by atomic mass is 16.4. The smallest absolute Gasteiger partial charge is 0.404 e. The summed E-state index contributed by atoms with van der Waals surface area (Å²) in [5.41, 5.74) is 3.34. The first kappa shape index (κ1) is 16.8. The quantitative estimate of drug-likeness (QED) is 0.691. The predicted molar refractivity (Wildman–Crippen MR) is 98.9 cm³/mol. The third kappa shape index (κ3) is 3.91. The summed E-state index contributed by atoms with van der Waals surface area (Å²) in [5, 5.41) is 14.4. The van der Waals surface area contributed by atoms with Crippen molar-refractivity contribution in [2.75, 3.05) is 18.1 Å². The van der Waals surface area contributed by atoms with E-state index in [0.717, 1.165) is 35.1 Å². The van der Waals surface area contributed by atoms with Crippen molar-refractivity contribution in [3.8, 4) is 0 Å². The molecule has 0 atom stereocenters. The summed E-state index contributed by atoms with van der Waals surface area (Å²) < 4.78 is 2.16. The number of amides is 1. The third-order valence-electron chi connectivity index (χ3n) is 4.08. The molecule has 0 unspecified atom stereocenters. The molecule has 2 N–H and O–H groups in total. The van der Waals surface area contributed by atoms with Gasteiger partial charge in [-0.1, -0.05) is 13.0 Å².